The van der Waals surface area contributed by atoms with E-state index in [4.69, 9.17) is 5.73 Å². The largest absolute Gasteiger partial charge is 0.399 e. The van der Waals surface area contributed by atoms with Crippen molar-refractivity contribution in [2.45, 2.75) is 19.9 Å². The van der Waals surface area contributed by atoms with Crippen LogP contribution in [0.1, 0.15) is 13.3 Å². The van der Waals surface area contributed by atoms with Crippen molar-refractivity contribution in [2.75, 3.05) is 5.73 Å². The van der Waals surface area contributed by atoms with E-state index in [2.05, 4.69) is 22.9 Å². The van der Waals surface area contributed by atoms with E-state index in [9.17, 15) is 0 Å². The number of hydrogen-bond acceptors (Lipinski definition) is 2. The fourth-order valence-corrected chi connectivity index (χ4v) is 2.07. The lowest BCUT2D eigenvalue weighted by Gasteiger charge is -1.97. The minimum Gasteiger partial charge on any atom is -0.399 e. The number of nitrogen functional groups attached to an aromatic ring is 1. The van der Waals surface area contributed by atoms with Crippen LogP contribution in [0.25, 0.3) is 10.9 Å². The molecule has 0 radical (unpaired) electrons. The molecule has 3 heteroatoms. The fourth-order valence-electron chi connectivity index (χ4n) is 2.07. The van der Waals surface area contributed by atoms with E-state index < -0.39 is 0 Å². The van der Waals surface area contributed by atoms with Crippen molar-refractivity contribution < 1.29 is 0 Å². The summed E-state index contributed by atoms with van der Waals surface area (Å²) in [5, 5.41) is 5.70. The van der Waals surface area contributed by atoms with Gasteiger partial charge in [0, 0.05) is 23.8 Å². The van der Waals surface area contributed by atoms with Gasteiger partial charge in [-0.3, -0.25) is 4.68 Å². The van der Waals surface area contributed by atoms with Crippen LogP contribution in [0, 0.1) is 11.8 Å². The Labute approximate surface area is 88.9 Å². The van der Waals surface area contributed by atoms with Crippen LogP contribution in [0.5, 0.6) is 0 Å². The summed E-state index contributed by atoms with van der Waals surface area (Å²) in [6.07, 6.45) is 3.46. The number of nitrogens with two attached hydrogens (primary N) is 1. The zero-order valence-electron chi connectivity index (χ0n) is 8.85. The predicted octanol–water partition coefficient (Wildman–Crippen LogP) is 2.27. The van der Waals surface area contributed by atoms with E-state index in [0.717, 1.165) is 29.6 Å². The Kier molecular flexibility index (Phi) is 1.75. The highest BCUT2D eigenvalue weighted by Crippen LogP contribution is 2.38. The molecule has 1 aromatic heterocycles. The van der Waals surface area contributed by atoms with Crippen LogP contribution in [0.3, 0.4) is 0 Å². The summed E-state index contributed by atoms with van der Waals surface area (Å²) in [7, 11) is 0. The Bertz CT molecular complexity index is 501. The summed E-state index contributed by atoms with van der Waals surface area (Å²) in [6, 6.07) is 5.89. The lowest BCUT2D eigenvalue weighted by atomic mass is 10.2. The highest BCUT2D eigenvalue weighted by molar-refractivity contribution is 5.81. The third-order valence-electron chi connectivity index (χ3n) is 3.28. The summed E-state index contributed by atoms with van der Waals surface area (Å²) in [4.78, 5) is 0. The van der Waals surface area contributed by atoms with Crippen LogP contribution in [0.15, 0.2) is 24.4 Å². The third kappa shape index (κ3) is 1.58. The van der Waals surface area contributed by atoms with Gasteiger partial charge in [-0.25, -0.2) is 0 Å². The van der Waals surface area contributed by atoms with Crippen LogP contribution in [0.4, 0.5) is 5.69 Å². The van der Waals surface area contributed by atoms with Gasteiger partial charge in [-0.1, -0.05) is 6.92 Å². The van der Waals surface area contributed by atoms with Gasteiger partial charge in [-0.15, -0.1) is 0 Å². The topological polar surface area (TPSA) is 43.8 Å². The maximum atomic E-state index is 5.72. The summed E-state index contributed by atoms with van der Waals surface area (Å²) < 4.78 is 2.05. The molecule has 2 N–H and O–H groups in total. The van der Waals surface area contributed by atoms with Gasteiger partial charge in [-0.05, 0) is 36.5 Å². The summed E-state index contributed by atoms with van der Waals surface area (Å²) >= 11 is 0. The third-order valence-corrected chi connectivity index (χ3v) is 3.28. The quantitative estimate of drug-likeness (QED) is 0.757. The highest BCUT2D eigenvalue weighted by atomic mass is 15.3. The van der Waals surface area contributed by atoms with Crippen molar-refractivity contribution in [3.8, 4) is 0 Å². The number of fused-ring (bicyclic) bond motifs is 1. The Balaban J connectivity index is 1.92. The van der Waals surface area contributed by atoms with E-state index in [-0.39, 0.29) is 0 Å². The zero-order chi connectivity index (χ0) is 10.4. The van der Waals surface area contributed by atoms with Crippen molar-refractivity contribution >= 4 is 16.6 Å². The van der Waals surface area contributed by atoms with Crippen LogP contribution >= 0.6 is 0 Å². The number of aromatic nitrogens is 2. The molecule has 3 nitrogen and oxygen atoms in total. The van der Waals surface area contributed by atoms with Crippen LogP contribution in [-0.2, 0) is 6.54 Å². The van der Waals surface area contributed by atoms with Crippen LogP contribution in [-0.4, -0.2) is 9.78 Å². The first-order valence-electron chi connectivity index (χ1n) is 5.45. The van der Waals surface area contributed by atoms with Gasteiger partial charge in [0.05, 0.1) is 5.52 Å². The molecule has 0 amide bonds. The first-order chi connectivity index (χ1) is 7.22. The second-order valence-electron chi connectivity index (χ2n) is 4.64. The molecule has 1 aliphatic rings. The van der Waals surface area contributed by atoms with Crippen molar-refractivity contribution in [3.05, 3.63) is 24.4 Å². The Morgan fingerprint density at radius 3 is 3.07 bits per heavy atom. The SMILES string of the molecule is CC1CC1Cn1cc2ccc(N)cc2n1. The van der Waals surface area contributed by atoms with Gasteiger partial charge in [0.1, 0.15) is 0 Å². The molecule has 2 atom stereocenters. The molecule has 0 saturated heterocycles. The molecule has 2 aromatic rings. The molecular formula is C12H15N3. The smallest absolute Gasteiger partial charge is 0.0943 e. The average molecular weight is 201 g/mol. The van der Waals surface area contributed by atoms with E-state index in [1.165, 1.54) is 11.8 Å². The molecule has 1 aromatic carbocycles. The van der Waals surface area contributed by atoms with Gasteiger partial charge < -0.3 is 5.73 Å². The molecule has 78 valence electrons. The molecule has 1 fully saturated rings. The molecule has 1 heterocycles. The Morgan fingerprint density at radius 1 is 1.53 bits per heavy atom. The van der Waals surface area contributed by atoms with Gasteiger partial charge in [0.2, 0.25) is 0 Å². The van der Waals surface area contributed by atoms with E-state index in [1.54, 1.807) is 0 Å². The van der Waals surface area contributed by atoms with Gasteiger partial charge in [0.25, 0.3) is 0 Å². The maximum absolute atomic E-state index is 5.72. The van der Waals surface area contributed by atoms with E-state index >= 15 is 0 Å². The van der Waals surface area contributed by atoms with Gasteiger partial charge >= 0.3 is 0 Å². The normalized spacial score (nSPS) is 24.6. The summed E-state index contributed by atoms with van der Waals surface area (Å²) in [5.74, 6) is 1.71. The highest BCUT2D eigenvalue weighted by Gasteiger charge is 2.32. The zero-order valence-corrected chi connectivity index (χ0v) is 8.85. The van der Waals surface area contributed by atoms with Crippen molar-refractivity contribution in [3.63, 3.8) is 0 Å². The van der Waals surface area contributed by atoms with Crippen LogP contribution < -0.4 is 5.73 Å². The molecular weight excluding hydrogens is 186 g/mol. The molecule has 0 aliphatic heterocycles. The van der Waals surface area contributed by atoms with Gasteiger partial charge in [0.15, 0.2) is 0 Å². The minimum absolute atomic E-state index is 0.785. The van der Waals surface area contributed by atoms with Crippen LogP contribution in [0.2, 0.25) is 0 Å². The van der Waals surface area contributed by atoms with Gasteiger partial charge in [-0.2, -0.15) is 5.10 Å². The summed E-state index contributed by atoms with van der Waals surface area (Å²) in [6.45, 7) is 3.35. The Morgan fingerprint density at radius 2 is 2.33 bits per heavy atom. The number of nitrogens with zero attached hydrogens (tertiary/aromatic N) is 2. The van der Waals surface area contributed by atoms with E-state index in [1.807, 2.05) is 18.2 Å². The molecule has 1 aliphatic carbocycles. The fraction of sp³-hybridized carbons (Fsp3) is 0.417. The molecule has 0 spiro atoms. The first-order valence-corrected chi connectivity index (χ1v) is 5.45. The van der Waals surface area contributed by atoms with Crippen molar-refractivity contribution in [1.82, 2.24) is 9.78 Å². The average Bonchev–Trinajstić information content (AvgIpc) is 2.75. The monoisotopic (exact) mass is 201 g/mol. The standard InChI is InChI=1S/C12H15N3/c1-8-4-10(8)7-15-6-9-2-3-11(13)5-12(9)14-15/h2-3,5-6,8,10H,4,7,13H2,1H3. The van der Waals surface area contributed by atoms with E-state index in [0.29, 0.717) is 0 Å². The lowest BCUT2D eigenvalue weighted by molar-refractivity contribution is 0.544. The first kappa shape index (κ1) is 8.77. The minimum atomic E-state index is 0.785. The Hall–Kier alpha value is -1.51. The van der Waals surface area contributed by atoms with Crippen molar-refractivity contribution in [1.29, 1.82) is 0 Å². The number of hydrogen-bond donors (Lipinski definition) is 1. The molecule has 3 rings (SSSR count). The number of anilines is 1. The maximum Gasteiger partial charge on any atom is 0.0943 e. The second-order valence-corrected chi connectivity index (χ2v) is 4.64. The molecule has 15 heavy (non-hydrogen) atoms. The number of rotatable bonds is 2. The predicted molar refractivity (Wildman–Crippen MR) is 61.4 cm³/mol. The summed E-state index contributed by atoms with van der Waals surface area (Å²) in [5.41, 5.74) is 7.51. The lowest BCUT2D eigenvalue weighted by Crippen LogP contribution is -2.00. The second kappa shape index (κ2) is 2.99. The molecule has 2 unspecified atom stereocenters. The molecule has 1 saturated carbocycles. The molecule has 0 bridgehead atoms. The van der Waals surface area contributed by atoms with Crippen molar-refractivity contribution in [2.24, 2.45) is 11.8 Å². The number of benzene rings is 1.